The Morgan fingerprint density at radius 3 is 2.63 bits per heavy atom. The Morgan fingerprint density at radius 2 is 2.00 bits per heavy atom. The summed E-state index contributed by atoms with van der Waals surface area (Å²) >= 11 is 0. The number of carboxylic acid groups (broad SMARTS) is 1. The van der Waals surface area contributed by atoms with Crippen LogP contribution in [0.1, 0.15) is 10.5 Å². The molecular formula is C11H8FLiN2O4. The molecule has 0 aliphatic rings. The van der Waals surface area contributed by atoms with Crippen molar-refractivity contribution in [2.24, 2.45) is 0 Å². The van der Waals surface area contributed by atoms with Gasteiger partial charge in [0.2, 0.25) is 0 Å². The molecule has 2 N–H and O–H groups in total. The monoisotopic (exact) mass is 258 g/mol. The minimum atomic E-state index is -1.23. The standard InChI is InChI=1S/C11H7FN2O3.Li.H2O/c12-8-3-1-2-4-10(8)17-7-5-9(11(15)16)14-13-6-7;;/h1-6H,(H,15,16);;1H2/q;+1;/p-1. The van der Waals surface area contributed by atoms with Crippen LogP contribution < -0.4 is 23.6 Å². The average molecular weight is 258 g/mol. The second-order valence-corrected chi connectivity index (χ2v) is 3.11. The summed E-state index contributed by atoms with van der Waals surface area (Å²) in [5, 5.41) is 15.5. The molecule has 6 nitrogen and oxygen atoms in total. The fraction of sp³-hybridized carbons (Fsp3) is 0. The van der Waals surface area contributed by atoms with Crippen LogP contribution in [0.5, 0.6) is 11.5 Å². The van der Waals surface area contributed by atoms with Crippen molar-refractivity contribution >= 4 is 5.97 Å². The number of halogens is 1. The van der Waals surface area contributed by atoms with Gasteiger partial charge >= 0.3 is 24.8 Å². The molecule has 0 radical (unpaired) electrons. The Balaban J connectivity index is 0.00000162. The molecule has 19 heavy (non-hydrogen) atoms. The molecule has 0 bridgehead atoms. The van der Waals surface area contributed by atoms with Crippen molar-refractivity contribution in [1.82, 2.24) is 10.2 Å². The van der Waals surface area contributed by atoms with Gasteiger partial charge in [0.15, 0.2) is 17.3 Å². The summed E-state index contributed by atoms with van der Waals surface area (Å²) in [6, 6.07) is 6.96. The van der Waals surface area contributed by atoms with E-state index < -0.39 is 11.8 Å². The van der Waals surface area contributed by atoms with Crippen molar-refractivity contribution in [3.63, 3.8) is 0 Å². The topological polar surface area (TPSA) is 102 Å². The summed E-state index contributed by atoms with van der Waals surface area (Å²) in [5.74, 6) is -1.66. The average Bonchev–Trinajstić information content (AvgIpc) is 2.32. The normalized spacial score (nSPS) is 8.89. The van der Waals surface area contributed by atoms with Gasteiger partial charge in [-0.2, -0.15) is 5.10 Å². The smallest absolute Gasteiger partial charge is 0.870 e. The van der Waals surface area contributed by atoms with Gasteiger partial charge < -0.3 is 15.3 Å². The summed E-state index contributed by atoms with van der Waals surface area (Å²) in [5.41, 5.74) is -0.265. The summed E-state index contributed by atoms with van der Waals surface area (Å²) in [6.45, 7) is 0. The molecule has 0 saturated heterocycles. The molecule has 0 aliphatic heterocycles. The molecule has 2 rings (SSSR count). The van der Waals surface area contributed by atoms with Crippen molar-refractivity contribution in [2.45, 2.75) is 0 Å². The van der Waals surface area contributed by atoms with Crippen LogP contribution in [0, 0.1) is 5.82 Å². The zero-order valence-electron chi connectivity index (χ0n) is 9.95. The number of aromatic nitrogens is 2. The predicted molar refractivity (Wildman–Crippen MR) is 57.4 cm³/mol. The number of rotatable bonds is 3. The first-order valence-corrected chi connectivity index (χ1v) is 4.65. The molecule has 0 saturated carbocycles. The summed E-state index contributed by atoms with van der Waals surface area (Å²) in [6.07, 6.45) is 1.21. The molecule has 1 aromatic carbocycles. The first kappa shape index (κ1) is 17.1. The second-order valence-electron chi connectivity index (χ2n) is 3.11. The molecule has 8 heteroatoms. The predicted octanol–water partition coefficient (Wildman–Crippen LogP) is -1.07. The summed E-state index contributed by atoms with van der Waals surface area (Å²) < 4.78 is 18.4. The van der Waals surface area contributed by atoms with Gasteiger partial charge in [-0.05, 0) is 12.1 Å². The van der Waals surface area contributed by atoms with Gasteiger partial charge in [0.05, 0.1) is 6.20 Å². The maximum atomic E-state index is 13.3. The number of hydrogen-bond acceptors (Lipinski definition) is 5. The number of nitrogens with zero attached hydrogens (tertiary/aromatic N) is 2. The number of carboxylic acids is 1. The number of benzene rings is 1. The van der Waals surface area contributed by atoms with Gasteiger partial charge in [0, 0.05) is 6.07 Å². The largest absolute Gasteiger partial charge is 1.00 e. The van der Waals surface area contributed by atoms with E-state index in [9.17, 15) is 9.18 Å². The molecule has 2 aromatic rings. The Morgan fingerprint density at radius 1 is 1.32 bits per heavy atom. The molecule has 94 valence electrons. The minimum Gasteiger partial charge on any atom is -0.870 e. The number of ether oxygens (including phenoxy) is 1. The number of hydrogen-bond donors (Lipinski definition) is 1. The van der Waals surface area contributed by atoms with Crippen LogP contribution in [0.2, 0.25) is 0 Å². The van der Waals surface area contributed by atoms with Gasteiger partial charge in [-0.1, -0.05) is 12.1 Å². The third-order valence-electron chi connectivity index (χ3n) is 1.91. The van der Waals surface area contributed by atoms with Crippen LogP contribution in [0.15, 0.2) is 36.5 Å². The van der Waals surface area contributed by atoms with E-state index in [1.807, 2.05) is 0 Å². The van der Waals surface area contributed by atoms with Crippen LogP contribution in [-0.2, 0) is 0 Å². The van der Waals surface area contributed by atoms with E-state index in [2.05, 4.69) is 10.2 Å². The second kappa shape index (κ2) is 7.48. The Kier molecular flexibility index (Phi) is 6.72. The Labute approximate surface area is 119 Å². The third kappa shape index (κ3) is 4.33. The van der Waals surface area contributed by atoms with Crippen LogP contribution in [-0.4, -0.2) is 26.7 Å². The van der Waals surface area contributed by atoms with E-state index in [1.54, 1.807) is 6.07 Å². The fourth-order valence-corrected chi connectivity index (χ4v) is 1.16. The molecule has 0 amide bonds. The molecule has 0 unspecified atom stereocenters. The quantitative estimate of drug-likeness (QED) is 0.703. The minimum absolute atomic E-state index is 0. The third-order valence-corrected chi connectivity index (χ3v) is 1.91. The Hall–Kier alpha value is -1.94. The van der Waals surface area contributed by atoms with Crippen LogP contribution in [0.3, 0.4) is 0 Å². The maximum Gasteiger partial charge on any atom is 1.00 e. The Bertz CT molecular complexity index is 568. The number of carbonyl (C=O) groups is 1. The van der Waals surface area contributed by atoms with Gasteiger partial charge in [0.25, 0.3) is 0 Å². The summed E-state index contributed by atoms with van der Waals surface area (Å²) in [4.78, 5) is 10.6. The van der Waals surface area contributed by atoms with E-state index in [0.717, 1.165) is 0 Å². The molecular weight excluding hydrogens is 250 g/mol. The molecule has 0 spiro atoms. The van der Waals surface area contributed by atoms with Gasteiger partial charge in [0.1, 0.15) is 5.75 Å². The molecule has 0 atom stereocenters. The number of para-hydroxylation sites is 1. The maximum absolute atomic E-state index is 13.3. The molecule has 1 aromatic heterocycles. The van der Waals surface area contributed by atoms with Gasteiger partial charge in [-0.3, -0.25) is 0 Å². The van der Waals surface area contributed by atoms with Gasteiger partial charge in [-0.15, -0.1) is 5.10 Å². The molecule has 0 fully saturated rings. The van der Waals surface area contributed by atoms with Crippen molar-refractivity contribution < 1.29 is 43.4 Å². The van der Waals surface area contributed by atoms with Crippen LogP contribution >= 0.6 is 0 Å². The SMILES string of the molecule is O=C(O)c1cc(Oc2ccccc2F)cnn1.[Li+].[OH-]. The zero-order chi connectivity index (χ0) is 12.3. The van der Waals surface area contributed by atoms with Gasteiger partial charge in [-0.25, -0.2) is 9.18 Å². The first-order valence-electron chi connectivity index (χ1n) is 4.65. The van der Waals surface area contributed by atoms with Crippen molar-refractivity contribution in [1.29, 1.82) is 0 Å². The van der Waals surface area contributed by atoms with Crippen molar-refractivity contribution in [2.75, 3.05) is 0 Å². The number of aromatic carboxylic acids is 1. The van der Waals surface area contributed by atoms with Crippen molar-refractivity contribution in [3.05, 3.63) is 48.0 Å². The fourth-order valence-electron chi connectivity index (χ4n) is 1.16. The van der Waals surface area contributed by atoms with Crippen molar-refractivity contribution in [3.8, 4) is 11.5 Å². The first-order chi connectivity index (χ1) is 8.16. The van der Waals surface area contributed by atoms with Crippen LogP contribution in [0.4, 0.5) is 4.39 Å². The molecule has 0 aliphatic carbocycles. The van der Waals surface area contributed by atoms with E-state index in [4.69, 9.17) is 9.84 Å². The van der Waals surface area contributed by atoms with E-state index in [0.29, 0.717) is 0 Å². The van der Waals surface area contributed by atoms with E-state index in [1.165, 1.54) is 30.5 Å². The van der Waals surface area contributed by atoms with E-state index >= 15 is 0 Å². The van der Waals surface area contributed by atoms with E-state index in [-0.39, 0.29) is 41.5 Å². The summed E-state index contributed by atoms with van der Waals surface area (Å²) in [7, 11) is 0. The zero-order valence-corrected chi connectivity index (χ0v) is 9.95. The van der Waals surface area contributed by atoms with Crippen LogP contribution in [0.25, 0.3) is 0 Å². The molecule has 1 heterocycles.